The van der Waals surface area contributed by atoms with Gasteiger partial charge in [0.15, 0.2) is 0 Å². The maximum absolute atomic E-state index is 11.8. The zero-order valence-electron chi connectivity index (χ0n) is 11.1. The summed E-state index contributed by atoms with van der Waals surface area (Å²) in [5, 5.41) is 0. The summed E-state index contributed by atoms with van der Waals surface area (Å²) >= 11 is 0. The second-order valence-electron chi connectivity index (χ2n) is 4.41. The largest absolute Gasteiger partial charge is 0.411 e. The minimum absolute atomic E-state index is 0.0884. The maximum atomic E-state index is 11.8. The summed E-state index contributed by atoms with van der Waals surface area (Å²) in [4.78, 5) is 13.1. The van der Waals surface area contributed by atoms with E-state index in [2.05, 4.69) is 4.74 Å². The molecule has 0 aromatic heterocycles. The first-order chi connectivity index (χ1) is 9.28. The lowest BCUT2D eigenvalue weighted by Crippen LogP contribution is -2.28. The Kier molecular flexibility index (Phi) is 5.82. The number of nitrogens with zero attached hydrogens (tertiary/aromatic N) is 1. The van der Waals surface area contributed by atoms with Crippen LogP contribution >= 0.6 is 0 Å². The molecule has 4 nitrogen and oxygen atoms in total. The normalized spacial score (nSPS) is 11.4. The van der Waals surface area contributed by atoms with Crippen LogP contribution in [0, 0.1) is 0 Å². The summed E-state index contributed by atoms with van der Waals surface area (Å²) in [6, 6.07) is 7.07. The van der Waals surface area contributed by atoms with Gasteiger partial charge in [-0.2, -0.15) is 13.2 Å². The number of halogens is 3. The molecule has 0 radical (unpaired) electrons. The lowest BCUT2D eigenvalue weighted by molar-refractivity contribution is -0.175. The Bertz CT molecular complexity index is 449. The highest BCUT2D eigenvalue weighted by Crippen LogP contribution is 2.14. The van der Waals surface area contributed by atoms with Crippen LogP contribution in [0.3, 0.4) is 0 Å². The topological polar surface area (TPSA) is 55.6 Å². The summed E-state index contributed by atoms with van der Waals surface area (Å²) < 4.78 is 39.9. The van der Waals surface area contributed by atoms with Gasteiger partial charge in [-0.25, -0.2) is 0 Å². The standard InChI is InChI=1S/C13H17F3N2O2/c1-18(8-10-3-2-4-11(17)7-10)12(19)5-6-20-9-13(14,15)16/h2-4,7H,5-6,8-9,17H2,1H3. The molecule has 0 unspecified atom stereocenters. The van der Waals surface area contributed by atoms with Gasteiger partial charge >= 0.3 is 6.18 Å². The average molecular weight is 290 g/mol. The van der Waals surface area contributed by atoms with Gasteiger partial charge in [-0.15, -0.1) is 0 Å². The average Bonchev–Trinajstić information content (AvgIpc) is 2.33. The molecule has 1 aromatic carbocycles. The fraction of sp³-hybridized carbons (Fsp3) is 0.462. The third-order valence-electron chi connectivity index (χ3n) is 2.52. The molecular weight excluding hydrogens is 273 g/mol. The third-order valence-corrected chi connectivity index (χ3v) is 2.52. The van der Waals surface area contributed by atoms with Crippen molar-refractivity contribution >= 4 is 11.6 Å². The van der Waals surface area contributed by atoms with Gasteiger partial charge in [0.1, 0.15) is 6.61 Å². The first kappa shape index (κ1) is 16.3. The molecule has 0 fully saturated rings. The molecule has 0 aliphatic heterocycles. The number of anilines is 1. The highest BCUT2D eigenvalue weighted by atomic mass is 19.4. The molecule has 0 spiro atoms. The molecule has 7 heteroatoms. The molecule has 2 N–H and O–H groups in total. The van der Waals surface area contributed by atoms with Gasteiger partial charge in [0.05, 0.1) is 13.0 Å². The van der Waals surface area contributed by atoms with Gasteiger partial charge in [-0.1, -0.05) is 12.1 Å². The number of carbonyl (C=O) groups excluding carboxylic acids is 1. The Morgan fingerprint density at radius 2 is 2.10 bits per heavy atom. The smallest absolute Gasteiger partial charge is 0.399 e. The quantitative estimate of drug-likeness (QED) is 0.645. The lowest BCUT2D eigenvalue weighted by atomic mass is 10.2. The van der Waals surface area contributed by atoms with E-state index in [0.29, 0.717) is 12.2 Å². The fourth-order valence-corrected chi connectivity index (χ4v) is 1.59. The number of carbonyl (C=O) groups is 1. The van der Waals surface area contributed by atoms with E-state index in [1.165, 1.54) is 4.90 Å². The van der Waals surface area contributed by atoms with Crippen LogP contribution in [0.5, 0.6) is 0 Å². The highest BCUT2D eigenvalue weighted by Gasteiger charge is 2.27. The first-order valence-electron chi connectivity index (χ1n) is 6.01. The van der Waals surface area contributed by atoms with Crippen LogP contribution in [0.1, 0.15) is 12.0 Å². The van der Waals surface area contributed by atoms with Crippen molar-refractivity contribution in [1.29, 1.82) is 0 Å². The fourth-order valence-electron chi connectivity index (χ4n) is 1.59. The number of ether oxygens (including phenoxy) is 1. The Morgan fingerprint density at radius 1 is 1.40 bits per heavy atom. The number of nitrogens with two attached hydrogens (primary N) is 1. The zero-order chi connectivity index (χ0) is 15.2. The summed E-state index contributed by atoms with van der Waals surface area (Å²) in [6.07, 6.45) is -4.45. The van der Waals surface area contributed by atoms with Crippen LogP contribution < -0.4 is 5.73 Å². The first-order valence-corrected chi connectivity index (χ1v) is 6.01. The minimum Gasteiger partial charge on any atom is -0.399 e. The predicted molar refractivity (Wildman–Crippen MR) is 68.8 cm³/mol. The molecule has 0 aliphatic carbocycles. The second-order valence-corrected chi connectivity index (χ2v) is 4.41. The number of alkyl halides is 3. The van der Waals surface area contributed by atoms with Gasteiger partial charge in [-0.3, -0.25) is 4.79 Å². The Hall–Kier alpha value is -1.76. The van der Waals surface area contributed by atoms with E-state index in [1.54, 1.807) is 25.2 Å². The van der Waals surface area contributed by atoms with E-state index in [1.807, 2.05) is 6.07 Å². The van der Waals surface area contributed by atoms with Gasteiger partial charge in [0.2, 0.25) is 5.91 Å². The van der Waals surface area contributed by atoms with Gasteiger partial charge in [-0.05, 0) is 17.7 Å². The van der Waals surface area contributed by atoms with Crippen molar-refractivity contribution in [2.75, 3.05) is 26.0 Å². The number of benzene rings is 1. The molecule has 20 heavy (non-hydrogen) atoms. The van der Waals surface area contributed by atoms with Crippen LogP contribution in [0.4, 0.5) is 18.9 Å². The summed E-state index contributed by atoms with van der Waals surface area (Å²) in [7, 11) is 1.58. The van der Waals surface area contributed by atoms with E-state index in [-0.39, 0.29) is 18.9 Å². The number of hydrogen-bond donors (Lipinski definition) is 1. The SMILES string of the molecule is CN(Cc1cccc(N)c1)C(=O)CCOCC(F)(F)F. The molecule has 0 heterocycles. The van der Waals surface area contributed by atoms with E-state index >= 15 is 0 Å². The predicted octanol–water partition coefficient (Wildman–Crippen LogP) is 2.20. The van der Waals surface area contributed by atoms with Crippen LogP contribution in [0.2, 0.25) is 0 Å². The van der Waals surface area contributed by atoms with Crippen molar-refractivity contribution < 1.29 is 22.7 Å². The summed E-state index contributed by atoms with van der Waals surface area (Å²) in [5.74, 6) is -0.283. The molecule has 0 atom stereocenters. The van der Waals surface area contributed by atoms with Crippen molar-refractivity contribution in [3.63, 3.8) is 0 Å². The van der Waals surface area contributed by atoms with Crippen molar-refractivity contribution in [3.8, 4) is 0 Å². The van der Waals surface area contributed by atoms with Gasteiger partial charge < -0.3 is 15.4 Å². The van der Waals surface area contributed by atoms with Crippen molar-refractivity contribution in [2.24, 2.45) is 0 Å². The van der Waals surface area contributed by atoms with Crippen LogP contribution in [0.25, 0.3) is 0 Å². The maximum Gasteiger partial charge on any atom is 0.411 e. The molecular formula is C13H17F3N2O2. The van der Waals surface area contributed by atoms with E-state index in [9.17, 15) is 18.0 Å². The molecule has 0 bridgehead atoms. The summed E-state index contributed by atoms with van der Waals surface area (Å²) in [5.41, 5.74) is 7.07. The van der Waals surface area contributed by atoms with Crippen molar-refractivity contribution in [2.45, 2.75) is 19.1 Å². The van der Waals surface area contributed by atoms with E-state index < -0.39 is 12.8 Å². The Morgan fingerprint density at radius 3 is 2.70 bits per heavy atom. The molecule has 0 aliphatic rings. The number of amides is 1. The van der Waals surface area contributed by atoms with Crippen molar-refractivity contribution in [1.82, 2.24) is 4.90 Å². The Labute approximate surface area is 115 Å². The molecule has 112 valence electrons. The minimum atomic E-state index is -4.36. The lowest BCUT2D eigenvalue weighted by Gasteiger charge is -2.17. The van der Waals surface area contributed by atoms with E-state index in [4.69, 9.17) is 5.73 Å². The monoisotopic (exact) mass is 290 g/mol. The number of nitrogen functional groups attached to an aromatic ring is 1. The molecule has 1 rings (SSSR count). The number of rotatable bonds is 6. The number of hydrogen-bond acceptors (Lipinski definition) is 3. The Balaban J connectivity index is 2.32. The van der Waals surface area contributed by atoms with E-state index in [0.717, 1.165) is 5.56 Å². The second kappa shape index (κ2) is 7.14. The third kappa shape index (κ3) is 6.42. The molecule has 1 aromatic rings. The molecule has 0 saturated carbocycles. The molecule has 1 amide bonds. The van der Waals surface area contributed by atoms with Gasteiger partial charge in [0.25, 0.3) is 0 Å². The highest BCUT2D eigenvalue weighted by molar-refractivity contribution is 5.76. The van der Waals surface area contributed by atoms with Gasteiger partial charge in [0, 0.05) is 19.3 Å². The van der Waals surface area contributed by atoms with Crippen LogP contribution in [-0.2, 0) is 16.1 Å². The van der Waals surface area contributed by atoms with Crippen LogP contribution in [0.15, 0.2) is 24.3 Å². The summed E-state index contributed by atoms with van der Waals surface area (Å²) in [6.45, 7) is -1.23. The van der Waals surface area contributed by atoms with Crippen LogP contribution in [-0.4, -0.2) is 37.2 Å². The van der Waals surface area contributed by atoms with Crippen molar-refractivity contribution in [3.05, 3.63) is 29.8 Å². The zero-order valence-corrected chi connectivity index (χ0v) is 11.1. The molecule has 0 saturated heterocycles.